The molecule has 5 unspecified atom stereocenters. The van der Waals surface area contributed by atoms with Gasteiger partial charge in [0.05, 0.1) is 0 Å². The van der Waals surface area contributed by atoms with E-state index in [-0.39, 0.29) is 25.1 Å². The largest absolute Gasteiger partial charge is 0.670 e. The number of carbonyl (C=O) groups excluding carboxylic acids is 1. The maximum Gasteiger partial charge on any atom is 0.670 e. The summed E-state index contributed by atoms with van der Waals surface area (Å²) in [5, 5.41) is 0.809. The van der Waals surface area contributed by atoms with Crippen LogP contribution in [-0.2, 0) is 57.3 Å². The van der Waals surface area contributed by atoms with E-state index in [9.17, 15) is 4.79 Å². The summed E-state index contributed by atoms with van der Waals surface area (Å²) in [6, 6.07) is 11.0. The van der Waals surface area contributed by atoms with E-state index < -0.39 is 44.5 Å². The van der Waals surface area contributed by atoms with Crippen LogP contribution in [0.25, 0.3) is 0 Å². The van der Waals surface area contributed by atoms with Gasteiger partial charge in [0.15, 0.2) is 12.1 Å². The lowest BCUT2D eigenvalue weighted by Gasteiger charge is -2.43. The van der Waals surface area contributed by atoms with Gasteiger partial charge in [0.2, 0.25) is 0 Å². The summed E-state index contributed by atoms with van der Waals surface area (Å²) in [5.74, 6) is -0.0395. The molecular weight excluding hydrogens is 733 g/mol. The fourth-order valence-electron chi connectivity index (χ4n) is 5.05. The Kier molecular flexibility index (Phi) is 21.0. The number of hydrogen-bond acceptors (Lipinski definition) is 13. The second-order valence-corrected chi connectivity index (χ2v) is 26.1. The molecule has 288 valence electrons. The second kappa shape index (κ2) is 23.1. The summed E-state index contributed by atoms with van der Waals surface area (Å²) >= 11 is 0. The van der Waals surface area contributed by atoms with E-state index in [1.807, 2.05) is 71.5 Å². The monoisotopic (exact) mass is 794 g/mol. The van der Waals surface area contributed by atoms with Crippen molar-refractivity contribution in [1.29, 1.82) is 0 Å². The molecule has 0 aromatic heterocycles. The molecule has 18 heteroatoms. The highest BCUT2D eigenvalue weighted by molar-refractivity contribution is 6.85. The molecule has 0 amide bonds. The predicted octanol–water partition coefficient (Wildman–Crippen LogP) is 5.10. The van der Waals surface area contributed by atoms with Gasteiger partial charge in [-0.1, -0.05) is 43.8 Å². The molecule has 1 saturated heterocycles. The van der Waals surface area contributed by atoms with Crippen molar-refractivity contribution in [1.82, 2.24) is 0 Å². The Hall–Kier alpha value is -0.766. The van der Waals surface area contributed by atoms with Crippen molar-refractivity contribution < 1.29 is 57.3 Å². The molecule has 13 nitrogen and oxygen atoms in total. The minimum atomic E-state index is -3.86. The fourth-order valence-corrected chi connectivity index (χ4v) is 24.0. The Balaban J connectivity index is 2.73. The first kappa shape index (κ1) is 45.4. The van der Waals surface area contributed by atoms with E-state index in [0.717, 1.165) is 5.19 Å². The van der Waals surface area contributed by atoms with Crippen LogP contribution in [0.4, 0.5) is 0 Å². The molecule has 1 heterocycles. The molecule has 50 heavy (non-hydrogen) atoms. The third-order valence-corrected chi connectivity index (χ3v) is 25.7. The Morgan fingerprint density at radius 1 is 0.840 bits per heavy atom. The number of ether oxygens (including phenoxy) is 2. The lowest BCUT2D eigenvalue weighted by molar-refractivity contribution is -0.115. The highest BCUT2D eigenvalue weighted by atomic mass is 28.5. The molecule has 5 atom stereocenters. The number of hydrogen-bond donors (Lipinski definition) is 0. The summed E-state index contributed by atoms with van der Waals surface area (Å²) in [7, 11) is -15.5. The van der Waals surface area contributed by atoms with Crippen LogP contribution in [0.1, 0.15) is 67.7 Å². The highest BCUT2D eigenvalue weighted by Gasteiger charge is 2.58. The molecule has 0 saturated carbocycles. The quantitative estimate of drug-likeness (QED) is 0.0428. The molecule has 1 aromatic carbocycles. The van der Waals surface area contributed by atoms with Crippen LogP contribution in [0.15, 0.2) is 42.5 Å². The minimum absolute atomic E-state index is 0.0395. The van der Waals surface area contributed by atoms with E-state index in [0.29, 0.717) is 76.2 Å². The minimum Gasteiger partial charge on any atom is -0.395 e. The lowest BCUT2D eigenvalue weighted by atomic mass is 10.1. The zero-order valence-electron chi connectivity index (χ0n) is 31.7. The van der Waals surface area contributed by atoms with Gasteiger partial charge in [-0.2, -0.15) is 0 Å². The first-order valence-corrected chi connectivity index (χ1v) is 27.4. The van der Waals surface area contributed by atoms with Gasteiger partial charge in [-0.15, -0.1) is 0 Å². The van der Waals surface area contributed by atoms with Crippen molar-refractivity contribution in [3.63, 3.8) is 0 Å². The number of allylic oxidation sites excluding steroid dienone is 1. The van der Waals surface area contributed by atoms with Gasteiger partial charge in [-0.25, -0.2) is 0 Å². The average molecular weight is 795 g/mol. The number of epoxide rings is 1. The molecular formula is C32H62O13Si5. The van der Waals surface area contributed by atoms with E-state index in [4.69, 9.17) is 52.5 Å². The molecule has 0 bridgehead atoms. The first-order valence-electron chi connectivity index (χ1n) is 17.9. The topological polar surface area (TPSA) is 131 Å². The summed E-state index contributed by atoms with van der Waals surface area (Å²) in [6.07, 6.45) is 1.07. The van der Waals surface area contributed by atoms with Gasteiger partial charge in [-0.05, 0) is 77.7 Å². The maximum absolute atomic E-state index is 12.8. The molecule has 1 aromatic rings. The SMILES string of the molecule is C=C(C)C(=O)CCC[Si](OCC)(O[SiH](O[Si](OC)(OCC)OCC)c1ccccc1)O[Si](CCCOC1CO1)(OCC)O[Si](C)(CC)OCC. The van der Waals surface area contributed by atoms with Crippen molar-refractivity contribution in [2.75, 3.05) is 53.4 Å². The normalized spacial score (nSPS) is 18.9. The number of ketones is 1. The highest BCUT2D eigenvalue weighted by Crippen LogP contribution is 2.33. The Morgan fingerprint density at radius 2 is 1.42 bits per heavy atom. The Morgan fingerprint density at radius 3 is 1.94 bits per heavy atom. The van der Waals surface area contributed by atoms with Gasteiger partial charge >= 0.3 is 44.5 Å². The summed E-state index contributed by atoms with van der Waals surface area (Å²) in [4.78, 5) is 12.8. The van der Waals surface area contributed by atoms with Crippen molar-refractivity contribution >= 4 is 55.5 Å². The molecule has 0 radical (unpaired) electrons. The Bertz CT molecular complexity index is 1120. The van der Waals surface area contributed by atoms with E-state index in [2.05, 4.69) is 13.5 Å². The standard InChI is InChI=1S/C32H62O13Si5/c1-11-37-47(10,16-6)44-49(39-13-3,27-21-25-35-32-28-36-32)45-48(38-12-2,26-20-24-31(33)29(7)8)42-46(30-22-18-17-19-23-30)43-50(34-9,40-14-4)41-15-5/h17-19,22-23,32,46H,7,11-16,20-21,24-28H2,1-6,8-10H3. The van der Waals surface area contributed by atoms with Crippen LogP contribution in [0.2, 0.25) is 24.7 Å². The van der Waals surface area contributed by atoms with E-state index in [1.165, 1.54) is 7.11 Å². The van der Waals surface area contributed by atoms with Crippen molar-refractivity contribution in [3.8, 4) is 0 Å². The fraction of sp³-hybridized carbons (Fsp3) is 0.719. The van der Waals surface area contributed by atoms with Crippen LogP contribution in [0, 0.1) is 0 Å². The first-order chi connectivity index (χ1) is 23.9. The zero-order chi connectivity index (χ0) is 37.1. The number of benzene rings is 1. The third-order valence-electron chi connectivity index (χ3n) is 7.60. The molecule has 1 aliphatic rings. The molecule has 1 fully saturated rings. The smallest absolute Gasteiger partial charge is 0.395 e. The molecule has 0 spiro atoms. The van der Waals surface area contributed by atoms with E-state index in [1.54, 1.807) is 6.92 Å². The van der Waals surface area contributed by atoms with Gasteiger partial charge in [0.1, 0.15) is 6.61 Å². The second-order valence-electron chi connectivity index (χ2n) is 11.7. The van der Waals surface area contributed by atoms with Crippen LogP contribution in [0.5, 0.6) is 0 Å². The maximum atomic E-state index is 12.8. The van der Waals surface area contributed by atoms with Crippen LogP contribution in [0.3, 0.4) is 0 Å². The van der Waals surface area contributed by atoms with E-state index >= 15 is 0 Å². The van der Waals surface area contributed by atoms with Crippen LogP contribution in [-0.4, -0.2) is 110 Å². The van der Waals surface area contributed by atoms with Crippen LogP contribution < -0.4 is 5.19 Å². The number of rotatable bonds is 31. The lowest BCUT2D eigenvalue weighted by Crippen LogP contribution is -2.66. The predicted molar refractivity (Wildman–Crippen MR) is 201 cm³/mol. The molecule has 0 aliphatic carbocycles. The van der Waals surface area contributed by atoms with Crippen LogP contribution >= 0.6 is 0 Å². The summed E-state index contributed by atoms with van der Waals surface area (Å²) in [5.41, 5.74) is 0.488. The average Bonchev–Trinajstić information content (AvgIpc) is 3.92. The molecule has 1 aliphatic heterocycles. The summed E-state index contributed by atoms with van der Waals surface area (Å²) < 4.78 is 76.9. The van der Waals surface area contributed by atoms with Crippen molar-refractivity contribution in [2.24, 2.45) is 0 Å². The van der Waals surface area contributed by atoms with Gasteiger partial charge in [0, 0.05) is 65.3 Å². The summed E-state index contributed by atoms with van der Waals surface area (Å²) in [6.45, 7) is 21.8. The Labute approximate surface area is 306 Å². The number of Topliss-reactive ketones (excluding diaryl/α,β-unsaturated/α-hetero) is 1. The zero-order valence-corrected chi connectivity index (χ0v) is 36.9. The van der Waals surface area contributed by atoms with Crippen molar-refractivity contribution in [2.45, 2.75) is 98.7 Å². The molecule has 0 N–H and O–H groups in total. The van der Waals surface area contributed by atoms with Gasteiger partial charge in [0.25, 0.3) is 0 Å². The third kappa shape index (κ3) is 15.3. The number of carbonyl (C=O) groups is 1. The van der Waals surface area contributed by atoms with Gasteiger partial charge in [-0.3, -0.25) is 4.79 Å². The van der Waals surface area contributed by atoms with Gasteiger partial charge < -0.3 is 52.5 Å². The molecule has 2 rings (SSSR count). The van der Waals surface area contributed by atoms with Crippen molar-refractivity contribution in [3.05, 3.63) is 42.5 Å².